The van der Waals surface area contributed by atoms with Crippen LogP contribution in [0.15, 0.2) is 41.3 Å². The quantitative estimate of drug-likeness (QED) is 0.468. The number of fused-ring (bicyclic) bond motifs is 1. The van der Waals surface area contributed by atoms with Crippen LogP contribution in [0, 0.1) is 5.92 Å². The lowest BCUT2D eigenvalue weighted by atomic mass is 9.85. The van der Waals surface area contributed by atoms with Crippen LogP contribution in [0.3, 0.4) is 0 Å². The van der Waals surface area contributed by atoms with Gasteiger partial charge < -0.3 is 15.7 Å². The Bertz CT molecular complexity index is 979. The Kier molecular flexibility index (Phi) is 6.15. The molecule has 8 nitrogen and oxygen atoms in total. The van der Waals surface area contributed by atoms with Crippen LogP contribution >= 0.6 is 15.9 Å². The second-order valence-corrected chi connectivity index (χ2v) is 8.20. The number of aromatic nitrogens is 4. The van der Waals surface area contributed by atoms with E-state index in [9.17, 15) is 5.11 Å². The highest BCUT2D eigenvalue weighted by atomic mass is 79.9. The van der Waals surface area contributed by atoms with Gasteiger partial charge in [-0.05, 0) is 34.8 Å². The number of rotatable bonds is 7. The molecule has 4 rings (SSSR count). The average molecular weight is 462 g/mol. The van der Waals surface area contributed by atoms with Crippen molar-refractivity contribution >= 4 is 33.2 Å². The molecular weight excluding hydrogens is 436 g/mol. The smallest absolute Gasteiger partial charge is 0.227 e. The highest BCUT2D eigenvalue weighted by Gasteiger charge is 2.25. The number of anilines is 2. The van der Waals surface area contributed by atoms with E-state index in [4.69, 9.17) is 9.82 Å². The summed E-state index contributed by atoms with van der Waals surface area (Å²) >= 11 is 3.54. The molecule has 9 heteroatoms. The maximum absolute atomic E-state index is 9.72. The Hall–Kier alpha value is -2.39. The van der Waals surface area contributed by atoms with Gasteiger partial charge in [-0.25, -0.2) is 4.98 Å². The molecule has 1 fully saturated rings. The Labute approximate surface area is 178 Å². The van der Waals surface area contributed by atoms with Gasteiger partial charge in [-0.1, -0.05) is 12.8 Å². The van der Waals surface area contributed by atoms with E-state index in [0.717, 1.165) is 40.2 Å². The molecule has 2 atom stereocenters. The topological polar surface area (TPSA) is 87.6 Å². The average Bonchev–Trinajstić information content (AvgIpc) is 3.13. The Morgan fingerprint density at radius 3 is 3.07 bits per heavy atom. The van der Waals surface area contributed by atoms with Gasteiger partial charge in [0, 0.05) is 47.5 Å². The molecule has 29 heavy (non-hydrogen) atoms. The summed E-state index contributed by atoms with van der Waals surface area (Å²) in [6.07, 6.45) is 9.96. The van der Waals surface area contributed by atoms with Gasteiger partial charge in [0.1, 0.15) is 18.7 Å². The number of halogens is 1. The van der Waals surface area contributed by atoms with E-state index in [-0.39, 0.29) is 18.6 Å². The number of hydrogen-bond acceptors (Lipinski definition) is 6. The zero-order chi connectivity index (χ0) is 20.2. The number of aliphatic hydroxyl groups excluding tert-OH is 1. The highest BCUT2D eigenvalue weighted by Crippen LogP contribution is 2.28. The molecule has 0 aromatic carbocycles. The fraction of sp³-hybridized carbons (Fsp3) is 0.450. The van der Waals surface area contributed by atoms with Gasteiger partial charge in [-0.15, -0.1) is 0 Å². The first-order valence-electron chi connectivity index (χ1n) is 9.88. The van der Waals surface area contributed by atoms with Gasteiger partial charge in [0.25, 0.3) is 0 Å². The predicted molar refractivity (Wildman–Crippen MR) is 114 cm³/mol. The van der Waals surface area contributed by atoms with E-state index in [0.29, 0.717) is 6.54 Å². The summed E-state index contributed by atoms with van der Waals surface area (Å²) in [6.45, 7) is 0.817. The summed E-state index contributed by atoms with van der Waals surface area (Å²) in [6, 6.07) is 6.18. The standard InChI is InChI=1S/C20H26BrN6O2/c1-29-26-8-4-5-14(12-26)10-22-19-9-18(25-20-16(21)11-23-27(19)20)24-17-7-3-2-6-15(17)13-28/h4-5,8-9,11-12,15,17,22,28H,2-3,6-7,10,13H2,1H3,(H,24,25)/q+1. The number of pyridine rings is 1. The van der Waals surface area contributed by atoms with Gasteiger partial charge in [0.05, 0.1) is 10.7 Å². The Morgan fingerprint density at radius 2 is 2.24 bits per heavy atom. The van der Waals surface area contributed by atoms with Crippen molar-refractivity contribution in [3.63, 3.8) is 0 Å². The first kappa shape index (κ1) is 19.9. The van der Waals surface area contributed by atoms with Gasteiger partial charge in [0.2, 0.25) is 12.4 Å². The number of hydrogen-bond donors (Lipinski definition) is 3. The molecule has 0 aliphatic heterocycles. The molecule has 0 saturated heterocycles. The predicted octanol–water partition coefficient (Wildman–Crippen LogP) is 2.41. The van der Waals surface area contributed by atoms with Gasteiger partial charge in [0.15, 0.2) is 5.65 Å². The second kappa shape index (κ2) is 8.96. The Balaban J connectivity index is 1.59. The maximum Gasteiger partial charge on any atom is 0.227 e. The van der Waals surface area contributed by atoms with E-state index in [1.165, 1.54) is 12.8 Å². The fourth-order valence-electron chi connectivity index (χ4n) is 3.85. The highest BCUT2D eigenvalue weighted by molar-refractivity contribution is 9.10. The number of aliphatic hydroxyl groups is 1. The molecule has 0 spiro atoms. The zero-order valence-corrected chi connectivity index (χ0v) is 18.0. The maximum atomic E-state index is 9.72. The minimum Gasteiger partial charge on any atom is -0.396 e. The van der Waals surface area contributed by atoms with E-state index in [2.05, 4.69) is 31.7 Å². The van der Waals surface area contributed by atoms with Crippen molar-refractivity contribution in [3.05, 3.63) is 46.8 Å². The molecule has 1 aliphatic rings. The molecule has 3 heterocycles. The van der Waals surface area contributed by atoms with E-state index < -0.39 is 0 Å². The van der Waals surface area contributed by atoms with Crippen LogP contribution in [-0.2, 0) is 6.54 Å². The summed E-state index contributed by atoms with van der Waals surface area (Å²) < 4.78 is 4.28. The number of nitrogens with zero attached hydrogens (tertiary/aromatic N) is 4. The largest absolute Gasteiger partial charge is 0.396 e. The molecule has 2 unspecified atom stereocenters. The molecule has 0 amide bonds. The van der Waals surface area contributed by atoms with Crippen molar-refractivity contribution in [2.45, 2.75) is 38.3 Å². The molecule has 154 valence electrons. The first-order valence-corrected chi connectivity index (χ1v) is 10.7. The lowest BCUT2D eigenvalue weighted by Gasteiger charge is -2.31. The third-order valence-corrected chi connectivity index (χ3v) is 5.99. The van der Waals surface area contributed by atoms with Crippen LogP contribution in [0.5, 0.6) is 0 Å². The van der Waals surface area contributed by atoms with Gasteiger partial charge in [-0.3, -0.25) is 4.84 Å². The normalized spacial score (nSPS) is 19.3. The van der Waals surface area contributed by atoms with Crippen LogP contribution in [0.2, 0.25) is 0 Å². The minimum atomic E-state index is 0.203. The van der Waals surface area contributed by atoms with Crippen molar-refractivity contribution in [2.75, 3.05) is 24.4 Å². The van der Waals surface area contributed by atoms with Crippen molar-refractivity contribution in [2.24, 2.45) is 5.92 Å². The SMILES string of the molecule is CO[n+]1cccc(CNc2cc(NC3CCCCC3CO)nc3c(Br)cnn23)c1. The molecule has 0 radical (unpaired) electrons. The monoisotopic (exact) mass is 461 g/mol. The lowest BCUT2D eigenvalue weighted by Crippen LogP contribution is -2.40. The zero-order valence-electron chi connectivity index (χ0n) is 16.4. The van der Waals surface area contributed by atoms with Crippen LogP contribution in [0.25, 0.3) is 5.65 Å². The second-order valence-electron chi connectivity index (χ2n) is 7.34. The first-order chi connectivity index (χ1) is 14.2. The van der Waals surface area contributed by atoms with E-state index in [1.807, 2.05) is 30.6 Å². The van der Waals surface area contributed by atoms with Crippen molar-refractivity contribution in [1.29, 1.82) is 0 Å². The van der Waals surface area contributed by atoms with E-state index >= 15 is 0 Å². The van der Waals surface area contributed by atoms with Crippen LogP contribution in [0.4, 0.5) is 11.6 Å². The molecule has 3 aromatic rings. The van der Waals surface area contributed by atoms with Crippen molar-refractivity contribution < 1.29 is 14.7 Å². The minimum absolute atomic E-state index is 0.203. The molecule has 1 aliphatic carbocycles. The summed E-state index contributed by atoms with van der Waals surface area (Å²) in [7, 11) is 1.63. The molecule has 3 N–H and O–H groups in total. The summed E-state index contributed by atoms with van der Waals surface area (Å²) in [5.74, 6) is 1.89. The third-order valence-electron chi connectivity index (χ3n) is 5.43. The van der Waals surface area contributed by atoms with Gasteiger partial charge in [-0.2, -0.15) is 9.61 Å². The Morgan fingerprint density at radius 1 is 1.38 bits per heavy atom. The van der Waals surface area contributed by atoms with Crippen molar-refractivity contribution in [1.82, 2.24) is 14.6 Å². The van der Waals surface area contributed by atoms with Crippen LogP contribution in [0.1, 0.15) is 31.2 Å². The van der Waals surface area contributed by atoms with Crippen LogP contribution in [-0.4, -0.2) is 39.5 Å². The third kappa shape index (κ3) is 4.45. The molecular formula is C20H26BrN6O2+. The summed E-state index contributed by atoms with van der Waals surface area (Å²) in [5.41, 5.74) is 1.82. The van der Waals surface area contributed by atoms with Crippen molar-refractivity contribution in [3.8, 4) is 0 Å². The fourth-order valence-corrected chi connectivity index (χ4v) is 4.20. The van der Waals surface area contributed by atoms with Crippen LogP contribution < -0.4 is 20.2 Å². The number of nitrogens with one attached hydrogen (secondary N) is 2. The van der Waals surface area contributed by atoms with Gasteiger partial charge >= 0.3 is 0 Å². The summed E-state index contributed by atoms with van der Waals surface area (Å²) in [5, 5.41) is 21.2. The molecule has 1 saturated carbocycles. The molecule has 0 bridgehead atoms. The summed E-state index contributed by atoms with van der Waals surface area (Å²) in [4.78, 5) is 9.97. The lowest BCUT2D eigenvalue weighted by molar-refractivity contribution is -0.885. The van der Waals surface area contributed by atoms with E-state index in [1.54, 1.807) is 22.6 Å². The molecule has 3 aromatic heterocycles.